The number of carbonyl (C=O) groups excluding carboxylic acids is 1. The molecule has 1 aliphatic heterocycles. The van der Waals surface area contributed by atoms with Gasteiger partial charge in [-0.2, -0.15) is 4.31 Å². The van der Waals surface area contributed by atoms with Gasteiger partial charge < -0.3 is 11.1 Å². The lowest BCUT2D eigenvalue weighted by Crippen LogP contribution is -2.37. The van der Waals surface area contributed by atoms with Crippen LogP contribution in [-0.4, -0.2) is 44.8 Å². The average Bonchev–Trinajstić information content (AvgIpc) is 2.59. The topological polar surface area (TPSA) is 92.5 Å². The Balaban J connectivity index is 2.17. The summed E-state index contributed by atoms with van der Waals surface area (Å²) in [4.78, 5) is 12.4. The molecule has 1 aliphatic rings. The van der Waals surface area contributed by atoms with Crippen LogP contribution < -0.4 is 11.1 Å². The number of nitrogens with two attached hydrogens (primary N) is 1. The summed E-state index contributed by atoms with van der Waals surface area (Å²) in [5.74, 6) is -0.349. The van der Waals surface area contributed by atoms with Gasteiger partial charge in [0.25, 0.3) is 5.91 Å². The molecule has 0 aliphatic carbocycles. The van der Waals surface area contributed by atoms with Gasteiger partial charge in [-0.05, 0) is 44.4 Å². The smallest absolute Gasteiger partial charge is 0.252 e. The highest BCUT2D eigenvalue weighted by Gasteiger charge is 2.29. The first-order valence-corrected chi connectivity index (χ1v) is 9.59. The van der Waals surface area contributed by atoms with Crippen molar-refractivity contribution >= 4 is 15.9 Å². The van der Waals surface area contributed by atoms with Crippen LogP contribution in [0.1, 0.15) is 42.5 Å². The Hall–Kier alpha value is -1.44. The van der Waals surface area contributed by atoms with Crippen molar-refractivity contribution in [2.24, 2.45) is 5.73 Å². The normalized spacial score (nSPS) is 16.2. The Bertz CT molecular complexity index is 625. The van der Waals surface area contributed by atoms with Crippen LogP contribution in [-0.2, 0) is 10.0 Å². The van der Waals surface area contributed by atoms with Crippen LogP contribution in [0.15, 0.2) is 29.2 Å². The van der Waals surface area contributed by atoms with Gasteiger partial charge in [-0.3, -0.25) is 4.79 Å². The fourth-order valence-corrected chi connectivity index (χ4v) is 4.40. The molecule has 0 saturated carbocycles. The number of unbranched alkanes of at least 4 members (excludes halogenated alkanes) is 1. The predicted molar refractivity (Wildman–Crippen MR) is 89.7 cm³/mol. The van der Waals surface area contributed by atoms with Crippen molar-refractivity contribution in [3.63, 3.8) is 0 Å². The van der Waals surface area contributed by atoms with Gasteiger partial charge in [0, 0.05) is 19.6 Å². The molecule has 6 nitrogen and oxygen atoms in total. The maximum Gasteiger partial charge on any atom is 0.252 e. The van der Waals surface area contributed by atoms with Gasteiger partial charge >= 0.3 is 0 Å². The van der Waals surface area contributed by atoms with Gasteiger partial charge in [0.15, 0.2) is 0 Å². The second-order valence-corrected chi connectivity index (χ2v) is 7.62. The van der Waals surface area contributed by atoms with Gasteiger partial charge in [0.1, 0.15) is 0 Å². The predicted octanol–water partition coefficient (Wildman–Crippen LogP) is 1.33. The van der Waals surface area contributed by atoms with Crippen LogP contribution >= 0.6 is 0 Å². The van der Waals surface area contributed by atoms with Crippen LogP contribution in [0.25, 0.3) is 0 Å². The minimum atomic E-state index is -3.62. The van der Waals surface area contributed by atoms with Crippen molar-refractivity contribution in [1.29, 1.82) is 0 Å². The third-order valence-corrected chi connectivity index (χ3v) is 5.94. The molecular weight excluding hydrogens is 314 g/mol. The van der Waals surface area contributed by atoms with Crippen molar-refractivity contribution in [1.82, 2.24) is 9.62 Å². The molecule has 0 unspecified atom stereocenters. The molecule has 2 rings (SSSR count). The Morgan fingerprint density at radius 1 is 1.13 bits per heavy atom. The molecule has 0 aromatic heterocycles. The fourth-order valence-electron chi connectivity index (χ4n) is 2.69. The average molecular weight is 339 g/mol. The van der Waals surface area contributed by atoms with Crippen molar-refractivity contribution in [2.75, 3.05) is 26.2 Å². The SMILES string of the molecule is NCCCCNC(=O)c1ccccc1S(=O)(=O)N1CCCCC1. The quantitative estimate of drug-likeness (QED) is 0.733. The van der Waals surface area contributed by atoms with E-state index in [1.165, 1.54) is 10.4 Å². The molecule has 1 fully saturated rings. The van der Waals surface area contributed by atoms with E-state index in [0.29, 0.717) is 26.2 Å². The van der Waals surface area contributed by atoms with E-state index in [2.05, 4.69) is 5.32 Å². The molecular formula is C16H25N3O3S. The van der Waals surface area contributed by atoms with E-state index in [-0.39, 0.29) is 16.4 Å². The van der Waals surface area contributed by atoms with E-state index in [4.69, 9.17) is 5.73 Å². The summed E-state index contributed by atoms with van der Waals surface area (Å²) in [5.41, 5.74) is 5.64. The third kappa shape index (κ3) is 4.53. The van der Waals surface area contributed by atoms with Crippen molar-refractivity contribution in [2.45, 2.75) is 37.0 Å². The number of piperidine rings is 1. The number of benzene rings is 1. The Morgan fingerprint density at radius 2 is 1.83 bits per heavy atom. The van der Waals surface area contributed by atoms with Gasteiger partial charge in [-0.25, -0.2) is 8.42 Å². The van der Waals surface area contributed by atoms with E-state index < -0.39 is 10.0 Å². The van der Waals surface area contributed by atoms with E-state index in [0.717, 1.165) is 32.1 Å². The molecule has 0 atom stereocenters. The highest BCUT2D eigenvalue weighted by molar-refractivity contribution is 7.89. The molecule has 1 heterocycles. The van der Waals surface area contributed by atoms with Crippen LogP contribution in [0, 0.1) is 0 Å². The molecule has 0 spiro atoms. The standard InChI is InChI=1S/C16H25N3O3S/c17-10-4-5-11-18-16(20)14-8-2-3-9-15(14)23(21,22)19-12-6-1-7-13-19/h2-3,8-9H,1,4-7,10-13,17H2,(H,18,20). The van der Waals surface area contributed by atoms with Gasteiger partial charge in [0.2, 0.25) is 10.0 Å². The zero-order valence-corrected chi connectivity index (χ0v) is 14.1. The van der Waals surface area contributed by atoms with Gasteiger partial charge in [0.05, 0.1) is 10.5 Å². The van der Waals surface area contributed by atoms with Gasteiger partial charge in [-0.15, -0.1) is 0 Å². The molecule has 3 N–H and O–H groups in total. The second-order valence-electron chi connectivity index (χ2n) is 5.71. The number of nitrogens with one attached hydrogen (secondary N) is 1. The summed E-state index contributed by atoms with van der Waals surface area (Å²) in [7, 11) is -3.62. The Labute approximate surface area is 138 Å². The highest BCUT2D eigenvalue weighted by Crippen LogP contribution is 2.23. The largest absolute Gasteiger partial charge is 0.352 e. The number of amides is 1. The van der Waals surface area contributed by atoms with E-state index in [1.807, 2.05) is 0 Å². The summed E-state index contributed by atoms with van der Waals surface area (Å²) >= 11 is 0. The van der Waals surface area contributed by atoms with Crippen LogP contribution in [0.4, 0.5) is 0 Å². The van der Waals surface area contributed by atoms with E-state index in [9.17, 15) is 13.2 Å². The Kier molecular flexibility index (Phi) is 6.56. The first kappa shape index (κ1) is 17.9. The number of rotatable bonds is 7. The molecule has 128 valence electrons. The fraction of sp³-hybridized carbons (Fsp3) is 0.562. The summed E-state index contributed by atoms with van der Waals surface area (Å²) < 4.78 is 27.1. The molecule has 1 aromatic carbocycles. The first-order chi connectivity index (χ1) is 11.1. The van der Waals surface area contributed by atoms with Crippen molar-refractivity contribution in [3.05, 3.63) is 29.8 Å². The molecule has 7 heteroatoms. The minimum absolute atomic E-state index is 0.0956. The molecule has 0 radical (unpaired) electrons. The molecule has 1 amide bonds. The maximum absolute atomic E-state index is 12.8. The van der Waals surface area contributed by atoms with Gasteiger partial charge in [-0.1, -0.05) is 18.6 Å². The van der Waals surface area contributed by atoms with Crippen LogP contribution in [0.3, 0.4) is 0 Å². The van der Waals surface area contributed by atoms with Crippen LogP contribution in [0.2, 0.25) is 0 Å². The van der Waals surface area contributed by atoms with Crippen molar-refractivity contribution < 1.29 is 13.2 Å². The summed E-state index contributed by atoms with van der Waals surface area (Å²) in [5, 5.41) is 2.77. The number of carbonyl (C=O) groups is 1. The second kappa shape index (κ2) is 8.42. The number of hydrogen-bond acceptors (Lipinski definition) is 4. The summed E-state index contributed by atoms with van der Waals surface area (Å²) in [6.07, 6.45) is 4.39. The number of sulfonamides is 1. The zero-order valence-electron chi connectivity index (χ0n) is 13.3. The lowest BCUT2D eigenvalue weighted by molar-refractivity contribution is 0.0949. The molecule has 1 aromatic rings. The first-order valence-electron chi connectivity index (χ1n) is 8.15. The minimum Gasteiger partial charge on any atom is -0.352 e. The summed E-state index contributed by atoms with van der Waals surface area (Å²) in [6, 6.07) is 6.42. The maximum atomic E-state index is 12.8. The highest BCUT2D eigenvalue weighted by atomic mass is 32.2. The van der Waals surface area contributed by atoms with E-state index in [1.54, 1.807) is 18.2 Å². The number of nitrogens with zero attached hydrogens (tertiary/aromatic N) is 1. The van der Waals surface area contributed by atoms with Crippen molar-refractivity contribution in [3.8, 4) is 0 Å². The lowest BCUT2D eigenvalue weighted by Gasteiger charge is -2.26. The molecule has 0 bridgehead atoms. The third-order valence-electron chi connectivity index (χ3n) is 3.98. The Morgan fingerprint density at radius 3 is 2.52 bits per heavy atom. The monoisotopic (exact) mass is 339 g/mol. The van der Waals surface area contributed by atoms with E-state index >= 15 is 0 Å². The zero-order chi connectivity index (χ0) is 16.7. The van der Waals surface area contributed by atoms with Crippen LogP contribution in [0.5, 0.6) is 0 Å². The molecule has 23 heavy (non-hydrogen) atoms. The molecule has 1 saturated heterocycles. The lowest BCUT2D eigenvalue weighted by atomic mass is 10.2. The number of hydrogen-bond donors (Lipinski definition) is 2. The summed E-state index contributed by atoms with van der Waals surface area (Å²) in [6.45, 7) is 2.12.